The van der Waals surface area contributed by atoms with E-state index in [-0.39, 0.29) is 22.1 Å². The summed E-state index contributed by atoms with van der Waals surface area (Å²) in [6, 6.07) is 5.15. The summed E-state index contributed by atoms with van der Waals surface area (Å²) in [5.41, 5.74) is 6.67. The van der Waals surface area contributed by atoms with Gasteiger partial charge in [-0.05, 0) is 38.5 Å². The summed E-state index contributed by atoms with van der Waals surface area (Å²) >= 11 is 14.6. The number of thioether (sulfide) groups is 1. The lowest BCUT2D eigenvalue weighted by Gasteiger charge is -2.11. The molecule has 1 heterocycles. The van der Waals surface area contributed by atoms with Gasteiger partial charge in [0, 0.05) is 15.8 Å². The van der Waals surface area contributed by atoms with Crippen molar-refractivity contribution in [2.24, 2.45) is 0 Å². The van der Waals surface area contributed by atoms with Crippen LogP contribution < -0.4 is 5.73 Å². The number of esters is 1. The van der Waals surface area contributed by atoms with Gasteiger partial charge in [-0.25, -0.2) is 13.2 Å². The highest BCUT2D eigenvalue weighted by molar-refractivity contribution is 8.01. The molecule has 0 bridgehead atoms. The van der Waals surface area contributed by atoms with Gasteiger partial charge in [0.2, 0.25) is 0 Å². The van der Waals surface area contributed by atoms with Crippen molar-refractivity contribution in [3.8, 4) is 0 Å². The van der Waals surface area contributed by atoms with Crippen LogP contribution in [0.15, 0.2) is 27.3 Å². The van der Waals surface area contributed by atoms with Gasteiger partial charge in [0.1, 0.15) is 9.77 Å². The third-order valence-electron chi connectivity index (χ3n) is 3.64. The summed E-state index contributed by atoms with van der Waals surface area (Å²) < 4.78 is 31.1. The molecule has 0 aliphatic heterocycles. The Hall–Kier alpha value is -0.930. The molecule has 0 fully saturated rings. The molecule has 10 heteroatoms. The maximum Gasteiger partial charge on any atom is 0.350 e. The average Bonchev–Trinajstić information content (AvgIpc) is 2.91. The zero-order chi connectivity index (χ0) is 20.4. The van der Waals surface area contributed by atoms with E-state index in [0.29, 0.717) is 25.6 Å². The number of carbonyl (C=O) groups excluding carboxylic acids is 1. The van der Waals surface area contributed by atoms with Crippen molar-refractivity contribution < 1.29 is 17.9 Å². The second kappa shape index (κ2) is 9.05. The highest BCUT2D eigenvalue weighted by atomic mass is 35.5. The third kappa shape index (κ3) is 4.74. The first-order valence-corrected chi connectivity index (χ1v) is 12.1. The van der Waals surface area contributed by atoms with Crippen molar-refractivity contribution >= 4 is 67.8 Å². The van der Waals surface area contributed by atoms with Crippen molar-refractivity contribution in [3.05, 3.63) is 38.7 Å². The lowest BCUT2D eigenvalue weighted by atomic mass is 10.2. The van der Waals surface area contributed by atoms with Crippen LogP contribution in [0.1, 0.15) is 36.0 Å². The zero-order valence-electron chi connectivity index (χ0n) is 14.9. The molecule has 148 valence electrons. The number of anilines is 1. The first-order valence-electron chi connectivity index (χ1n) is 8.00. The first-order chi connectivity index (χ1) is 12.6. The Labute approximate surface area is 177 Å². The number of nitrogen functional groups attached to an aromatic ring is 1. The maximum absolute atomic E-state index is 12.8. The van der Waals surface area contributed by atoms with Gasteiger partial charge in [-0.2, -0.15) is 0 Å². The Bertz CT molecular complexity index is 935. The van der Waals surface area contributed by atoms with Crippen LogP contribution >= 0.6 is 46.3 Å². The van der Waals surface area contributed by atoms with E-state index in [9.17, 15) is 13.2 Å². The van der Waals surface area contributed by atoms with Crippen LogP contribution in [0.3, 0.4) is 0 Å². The molecule has 27 heavy (non-hydrogen) atoms. The van der Waals surface area contributed by atoms with E-state index in [2.05, 4.69) is 0 Å². The van der Waals surface area contributed by atoms with Crippen LogP contribution in [0.5, 0.6) is 0 Å². The van der Waals surface area contributed by atoms with Gasteiger partial charge in [-0.3, -0.25) is 0 Å². The molecule has 0 atom stereocenters. The van der Waals surface area contributed by atoms with Crippen molar-refractivity contribution in [1.29, 1.82) is 0 Å². The van der Waals surface area contributed by atoms with E-state index in [1.807, 2.05) is 0 Å². The van der Waals surface area contributed by atoms with Crippen molar-refractivity contribution in [1.82, 2.24) is 0 Å². The van der Waals surface area contributed by atoms with Gasteiger partial charge in [-0.15, -0.1) is 23.1 Å². The van der Waals surface area contributed by atoms with Gasteiger partial charge >= 0.3 is 5.97 Å². The monoisotopic (exact) mass is 467 g/mol. The molecule has 2 aromatic rings. The molecule has 0 aliphatic carbocycles. The minimum atomic E-state index is -3.70. The van der Waals surface area contributed by atoms with E-state index in [1.165, 1.54) is 11.8 Å². The molecule has 0 spiro atoms. The number of ether oxygens (including phenoxy) is 1. The molecule has 0 saturated heterocycles. The fourth-order valence-corrected chi connectivity index (χ4v) is 7.26. The normalized spacial score (nSPS) is 11.8. The SMILES string of the molecule is CCOC(=O)c1sc(SCc2c(Cl)cccc2Cl)c(S(=O)(=O)C(C)C)c1N. The Morgan fingerprint density at radius 2 is 1.89 bits per heavy atom. The molecule has 0 saturated carbocycles. The summed E-state index contributed by atoms with van der Waals surface area (Å²) in [5, 5.41) is 0.282. The van der Waals surface area contributed by atoms with Crippen LogP contribution in [0, 0.1) is 0 Å². The highest BCUT2D eigenvalue weighted by Crippen LogP contribution is 2.45. The third-order valence-corrected chi connectivity index (χ3v) is 9.33. The number of nitrogens with two attached hydrogens (primary N) is 1. The van der Waals surface area contributed by atoms with Crippen LogP contribution in [0.2, 0.25) is 10.0 Å². The zero-order valence-corrected chi connectivity index (χ0v) is 18.9. The number of hydrogen-bond acceptors (Lipinski definition) is 7. The summed E-state index contributed by atoms with van der Waals surface area (Å²) in [4.78, 5) is 12.2. The smallest absolute Gasteiger partial charge is 0.350 e. The highest BCUT2D eigenvalue weighted by Gasteiger charge is 2.32. The topological polar surface area (TPSA) is 86.5 Å². The van der Waals surface area contributed by atoms with Gasteiger partial charge in [0.15, 0.2) is 9.84 Å². The summed E-state index contributed by atoms with van der Waals surface area (Å²) in [6.45, 7) is 4.97. The van der Waals surface area contributed by atoms with Crippen molar-refractivity contribution in [3.63, 3.8) is 0 Å². The maximum atomic E-state index is 12.8. The fraction of sp³-hybridized carbons (Fsp3) is 0.353. The number of halogens is 2. The Balaban J connectivity index is 2.51. The molecule has 5 nitrogen and oxygen atoms in total. The predicted octanol–water partition coefficient (Wildman–Crippen LogP) is 5.29. The summed E-state index contributed by atoms with van der Waals surface area (Å²) in [6.07, 6.45) is 0. The van der Waals surface area contributed by atoms with Crippen LogP contribution in [0.4, 0.5) is 5.69 Å². The van der Waals surface area contributed by atoms with Crippen LogP contribution in [-0.4, -0.2) is 26.2 Å². The molecule has 1 aromatic carbocycles. The largest absolute Gasteiger partial charge is 0.462 e. The van der Waals surface area contributed by atoms with Gasteiger partial charge < -0.3 is 10.5 Å². The average molecular weight is 468 g/mol. The summed E-state index contributed by atoms with van der Waals surface area (Å²) in [5.74, 6) is -0.302. The molecule has 1 aromatic heterocycles. The lowest BCUT2D eigenvalue weighted by molar-refractivity contribution is 0.0533. The van der Waals surface area contributed by atoms with E-state index >= 15 is 0 Å². The Morgan fingerprint density at radius 3 is 2.41 bits per heavy atom. The number of carbonyl (C=O) groups is 1. The molecule has 0 amide bonds. The Morgan fingerprint density at radius 1 is 1.30 bits per heavy atom. The van der Waals surface area contributed by atoms with Crippen LogP contribution in [-0.2, 0) is 20.3 Å². The summed E-state index contributed by atoms with van der Waals surface area (Å²) in [7, 11) is -3.70. The Kier molecular flexibility index (Phi) is 7.49. The lowest BCUT2D eigenvalue weighted by Crippen LogP contribution is -2.16. The van der Waals surface area contributed by atoms with Crippen molar-refractivity contribution in [2.75, 3.05) is 12.3 Å². The first kappa shape index (κ1) is 22.4. The standard InChI is InChI=1S/C17H19Cl2NO4S3/c1-4-24-16(21)14-13(20)15(27(22,23)9(2)3)17(26-14)25-8-10-11(18)6-5-7-12(10)19/h5-7,9H,4,8,20H2,1-3H3. The molecular formula is C17H19Cl2NO4S3. The number of rotatable bonds is 7. The minimum Gasteiger partial charge on any atom is -0.462 e. The van der Waals surface area contributed by atoms with E-state index < -0.39 is 21.1 Å². The number of sulfone groups is 1. The van der Waals surface area contributed by atoms with E-state index in [0.717, 1.165) is 11.3 Å². The predicted molar refractivity (Wildman–Crippen MR) is 113 cm³/mol. The molecule has 0 unspecified atom stereocenters. The van der Waals surface area contributed by atoms with E-state index in [1.54, 1.807) is 39.0 Å². The molecular weight excluding hydrogens is 449 g/mol. The van der Waals surface area contributed by atoms with Gasteiger partial charge in [0.05, 0.1) is 21.8 Å². The fourth-order valence-electron chi connectivity index (χ4n) is 2.16. The molecule has 2 N–H and O–H groups in total. The number of thiophene rings is 1. The van der Waals surface area contributed by atoms with Crippen molar-refractivity contribution in [2.45, 2.75) is 40.9 Å². The van der Waals surface area contributed by atoms with Gasteiger partial charge in [0.25, 0.3) is 0 Å². The number of benzene rings is 1. The van der Waals surface area contributed by atoms with Gasteiger partial charge in [-0.1, -0.05) is 29.3 Å². The molecule has 0 aliphatic rings. The quantitative estimate of drug-likeness (QED) is 0.439. The second-order valence-corrected chi connectivity index (χ2v) is 11.3. The second-order valence-electron chi connectivity index (χ2n) is 5.76. The molecule has 2 rings (SSSR count). The van der Waals surface area contributed by atoms with E-state index in [4.69, 9.17) is 33.7 Å². The number of hydrogen-bond donors (Lipinski definition) is 1. The van der Waals surface area contributed by atoms with Crippen LogP contribution in [0.25, 0.3) is 0 Å². The minimum absolute atomic E-state index is 0.0290. The molecule has 0 radical (unpaired) electrons.